The summed E-state index contributed by atoms with van der Waals surface area (Å²) in [5, 5.41) is 8.84. The van der Waals surface area contributed by atoms with Crippen LogP contribution in [-0.4, -0.2) is 5.78 Å². The van der Waals surface area contributed by atoms with Crippen molar-refractivity contribution < 1.29 is 4.79 Å². The van der Waals surface area contributed by atoms with Gasteiger partial charge < -0.3 is 5.73 Å². The number of ketones is 1. The van der Waals surface area contributed by atoms with Crippen LogP contribution in [0.15, 0.2) is 18.2 Å². The molecule has 72 valence electrons. The molecule has 0 radical (unpaired) electrons. The first-order valence-corrected chi connectivity index (χ1v) is 4.92. The van der Waals surface area contributed by atoms with Crippen LogP contribution in [0.25, 0.3) is 0 Å². The lowest BCUT2D eigenvalue weighted by Crippen LogP contribution is -2.06. The Morgan fingerprint density at radius 3 is 2.79 bits per heavy atom. The van der Waals surface area contributed by atoms with Crippen LogP contribution in [0.3, 0.4) is 0 Å². The lowest BCUT2D eigenvalue weighted by atomic mass is 10.0. The maximum atomic E-state index is 11.2. The van der Waals surface area contributed by atoms with Crippen LogP contribution in [0.4, 0.5) is 5.69 Å². The molecule has 0 saturated heterocycles. The Hall–Kier alpha value is -1.34. The molecule has 2 N–H and O–H groups in total. The third-order valence-electron chi connectivity index (χ3n) is 1.87. The zero-order valence-corrected chi connectivity index (χ0v) is 9.21. The second kappa shape index (κ2) is 4.25. The van der Waals surface area contributed by atoms with Gasteiger partial charge >= 0.3 is 0 Å². The van der Waals surface area contributed by atoms with E-state index in [4.69, 9.17) is 11.0 Å². The summed E-state index contributed by atoms with van der Waals surface area (Å²) in [6.07, 6.45) is 0. The number of halogens is 1. The zero-order chi connectivity index (χ0) is 10.7. The highest BCUT2D eigenvalue weighted by atomic mass is 79.9. The van der Waals surface area contributed by atoms with Crippen LogP contribution in [0.2, 0.25) is 0 Å². The van der Waals surface area contributed by atoms with Gasteiger partial charge in [0.15, 0.2) is 0 Å². The van der Waals surface area contributed by atoms with Gasteiger partial charge in [-0.05, 0) is 19.1 Å². The van der Waals surface area contributed by atoms with Crippen LogP contribution in [0.5, 0.6) is 0 Å². The summed E-state index contributed by atoms with van der Waals surface area (Å²) in [6, 6.07) is 7.02. The number of nitrogens with two attached hydrogens (primary N) is 1. The van der Waals surface area contributed by atoms with Gasteiger partial charge in [-0.1, -0.05) is 22.0 Å². The van der Waals surface area contributed by atoms with E-state index in [1.54, 1.807) is 18.2 Å². The highest BCUT2D eigenvalue weighted by Gasteiger charge is 2.18. The predicted octanol–water partition coefficient (Wildman–Crippen LogP) is 2.17. The number of anilines is 1. The molecule has 1 atom stereocenters. The van der Waals surface area contributed by atoms with Crippen LogP contribution in [0.1, 0.15) is 22.9 Å². The maximum absolute atomic E-state index is 11.2. The third kappa shape index (κ3) is 1.94. The van der Waals surface area contributed by atoms with Crippen LogP contribution in [-0.2, 0) is 4.79 Å². The average molecular weight is 253 g/mol. The summed E-state index contributed by atoms with van der Waals surface area (Å²) in [5.74, 6) is -0.0700. The van der Waals surface area contributed by atoms with Gasteiger partial charge in [-0.3, -0.25) is 4.79 Å². The number of benzene rings is 1. The Bertz CT molecular complexity index is 409. The van der Waals surface area contributed by atoms with Crippen molar-refractivity contribution in [3.05, 3.63) is 29.3 Å². The van der Waals surface area contributed by atoms with Crippen LogP contribution >= 0.6 is 15.9 Å². The van der Waals surface area contributed by atoms with Gasteiger partial charge in [0.05, 0.1) is 11.6 Å². The summed E-state index contributed by atoms with van der Waals surface area (Å²) in [4.78, 5) is 10.7. The summed E-state index contributed by atoms with van der Waals surface area (Å²) in [5.41, 5.74) is 7.15. The largest absolute Gasteiger partial charge is 0.398 e. The van der Waals surface area contributed by atoms with Crippen molar-refractivity contribution in [2.24, 2.45) is 0 Å². The SMILES string of the molecule is CC(=O)C(Br)c1c(N)cccc1C#N. The minimum atomic E-state index is -0.502. The van der Waals surface area contributed by atoms with Crippen LogP contribution in [0, 0.1) is 11.3 Å². The first-order chi connectivity index (χ1) is 6.57. The molecule has 3 nitrogen and oxygen atoms in total. The second-order valence-electron chi connectivity index (χ2n) is 2.89. The first-order valence-electron chi connectivity index (χ1n) is 4.01. The molecule has 0 saturated carbocycles. The lowest BCUT2D eigenvalue weighted by Gasteiger charge is -2.11. The van der Waals surface area contributed by atoms with Crippen molar-refractivity contribution in [1.29, 1.82) is 5.26 Å². The van der Waals surface area contributed by atoms with Gasteiger partial charge in [-0.15, -0.1) is 0 Å². The molecule has 1 aromatic carbocycles. The van der Waals surface area contributed by atoms with E-state index in [1.807, 2.05) is 6.07 Å². The fourth-order valence-corrected chi connectivity index (χ4v) is 1.68. The number of carbonyl (C=O) groups is 1. The van der Waals surface area contributed by atoms with Crippen molar-refractivity contribution in [3.63, 3.8) is 0 Å². The van der Waals surface area contributed by atoms with Crippen LogP contribution < -0.4 is 5.73 Å². The van der Waals surface area contributed by atoms with Gasteiger partial charge in [0.25, 0.3) is 0 Å². The van der Waals surface area contributed by atoms with Gasteiger partial charge in [0.1, 0.15) is 10.6 Å². The number of Topliss-reactive ketones (excluding diaryl/α,β-unsaturated/α-hetero) is 1. The molecule has 0 amide bonds. The van der Waals surface area contributed by atoms with Gasteiger partial charge in [-0.25, -0.2) is 0 Å². The highest BCUT2D eigenvalue weighted by Crippen LogP contribution is 2.31. The molecule has 0 bridgehead atoms. The Morgan fingerprint density at radius 2 is 2.29 bits per heavy atom. The number of carbonyl (C=O) groups excluding carboxylic acids is 1. The Kier molecular flexibility index (Phi) is 3.26. The fraction of sp³-hybridized carbons (Fsp3) is 0.200. The Morgan fingerprint density at radius 1 is 1.64 bits per heavy atom. The smallest absolute Gasteiger partial charge is 0.147 e. The van der Waals surface area contributed by atoms with E-state index < -0.39 is 4.83 Å². The van der Waals surface area contributed by atoms with Gasteiger partial charge in [-0.2, -0.15) is 5.26 Å². The molecule has 0 aliphatic carbocycles. The molecule has 1 unspecified atom stereocenters. The maximum Gasteiger partial charge on any atom is 0.147 e. The number of hydrogen-bond acceptors (Lipinski definition) is 3. The number of hydrogen-bond donors (Lipinski definition) is 1. The molecule has 14 heavy (non-hydrogen) atoms. The zero-order valence-electron chi connectivity index (χ0n) is 7.62. The fourth-order valence-electron chi connectivity index (χ4n) is 1.17. The Balaban J connectivity index is 3.32. The van der Waals surface area contributed by atoms with Crippen molar-refractivity contribution in [1.82, 2.24) is 0 Å². The molecule has 0 aliphatic rings. The molecule has 1 aromatic rings. The second-order valence-corrected chi connectivity index (χ2v) is 3.81. The lowest BCUT2D eigenvalue weighted by molar-refractivity contribution is -0.116. The number of alkyl halides is 1. The molecule has 0 heterocycles. The summed E-state index contributed by atoms with van der Waals surface area (Å²) in [6.45, 7) is 1.45. The monoisotopic (exact) mass is 252 g/mol. The molecular weight excluding hydrogens is 244 g/mol. The number of nitriles is 1. The predicted molar refractivity (Wildman–Crippen MR) is 57.9 cm³/mol. The standard InChI is InChI=1S/C10H9BrN2O/c1-6(14)10(11)9-7(5-12)3-2-4-8(9)13/h2-4,10H,13H2,1H3. The Labute approximate surface area is 90.7 Å². The summed E-state index contributed by atoms with van der Waals surface area (Å²) < 4.78 is 0. The van der Waals surface area contributed by atoms with Crippen molar-refractivity contribution in [3.8, 4) is 6.07 Å². The van der Waals surface area contributed by atoms with Gasteiger partial charge in [0.2, 0.25) is 0 Å². The van der Waals surface area contributed by atoms with E-state index in [0.717, 1.165) is 0 Å². The molecule has 1 rings (SSSR count). The number of rotatable bonds is 2. The number of nitrogen functional groups attached to an aromatic ring is 1. The number of nitrogens with zero attached hydrogens (tertiary/aromatic N) is 1. The molecule has 4 heteroatoms. The van der Waals surface area contributed by atoms with E-state index >= 15 is 0 Å². The van der Waals surface area contributed by atoms with E-state index in [-0.39, 0.29) is 5.78 Å². The van der Waals surface area contributed by atoms with E-state index in [0.29, 0.717) is 16.8 Å². The molecule has 0 aromatic heterocycles. The van der Waals surface area contributed by atoms with Crippen molar-refractivity contribution in [2.75, 3.05) is 5.73 Å². The highest BCUT2D eigenvalue weighted by molar-refractivity contribution is 9.09. The third-order valence-corrected chi connectivity index (χ3v) is 2.97. The minimum absolute atomic E-state index is 0.0700. The van der Waals surface area contributed by atoms with Crippen molar-refractivity contribution in [2.45, 2.75) is 11.8 Å². The average Bonchev–Trinajstić information content (AvgIpc) is 2.16. The summed E-state index contributed by atoms with van der Waals surface area (Å²) in [7, 11) is 0. The van der Waals surface area contributed by atoms with Crippen molar-refractivity contribution >= 4 is 27.4 Å². The molecular formula is C10H9BrN2O. The van der Waals surface area contributed by atoms with E-state index in [2.05, 4.69) is 15.9 Å². The van der Waals surface area contributed by atoms with E-state index in [1.165, 1.54) is 6.92 Å². The quantitative estimate of drug-likeness (QED) is 0.648. The molecule has 0 spiro atoms. The van der Waals surface area contributed by atoms with E-state index in [9.17, 15) is 4.79 Å². The molecule has 0 fully saturated rings. The van der Waals surface area contributed by atoms with Gasteiger partial charge in [0, 0.05) is 11.3 Å². The normalized spacial score (nSPS) is 11.8. The minimum Gasteiger partial charge on any atom is -0.398 e. The summed E-state index contributed by atoms with van der Waals surface area (Å²) >= 11 is 3.21. The molecule has 0 aliphatic heterocycles. The topological polar surface area (TPSA) is 66.9 Å². The first kappa shape index (κ1) is 10.7.